The van der Waals surface area contributed by atoms with Crippen LogP contribution in [0.15, 0.2) is 17.2 Å². The number of H-pyrrole nitrogens is 1. The average Bonchev–Trinajstić information content (AvgIpc) is 3.07. The predicted molar refractivity (Wildman–Crippen MR) is 75.3 cm³/mol. The topological polar surface area (TPSA) is 91.4 Å². The van der Waals surface area contributed by atoms with Gasteiger partial charge in [-0.05, 0) is 6.92 Å². The van der Waals surface area contributed by atoms with Gasteiger partial charge in [0.05, 0.1) is 24.1 Å². The zero-order valence-electron chi connectivity index (χ0n) is 10.3. The van der Waals surface area contributed by atoms with E-state index in [0.29, 0.717) is 18.1 Å². The second-order valence-electron chi connectivity index (χ2n) is 3.86. The summed E-state index contributed by atoms with van der Waals surface area (Å²) in [6.07, 6.45) is 1.61. The molecule has 3 N–H and O–H groups in total. The van der Waals surface area contributed by atoms with Gasteiger partial charge in [0.15, 0.2) is 11.5 Å². The van der Waals surface area contributed by atoms with E-state index in [9.17, 15) is 0 Å². The molecule has 0 radical (unpaired) electrons. The van der Waals surface area contributed by atoms with E-state index in [1.807, 2.05) is 17.8 Å². The Morgan fingerprint density at radius 2 is 2.21 bits per heavy atom. The van der Waals surface area contributed by atoms with Crippen LogP contribution in [0, 0.1) is 0 Å². The minimum atomic E-state index is 0.572. The van der Waals surface area contributed by atoms with Crippen LogP contribution < -0.4 is 10.6 Å². The Hall–Kier alpha value is -2.22. The van der Waals surface area contributed by atoms with E-state index in [1.165, 1.54) is 0 Å². The number of aromatic nitrogens is 5. The molecule has 0 saturated carbocycles. The fourth-order valence-corrected chi connectivity index (χ4v) is 2.26. The quantitative estimate of drug-likeness (QED) is 0.658. The third-order valence-corrected chi connectivity index (χ3v) is 3.18. The van der Waals surface area contributed by atoms with Gasteiger partial charge in [0.25, 0.3) is 0 Å². The number of hydrogen-bond acceptors (Lipinski definition) is 7. The van der Waals surface area contributed by atoms with Gasteiger partial charge >= 0.3 is 0 Å². The Balaban J connectivity index is 1.89. The summed E-state index contributed by atoms with van der Waals surface area (Å²) >= 11 is 1.57. The van der Waals surface area contributed by atoms with E-state index in [4.69, 9.17) is 0 Å². The SMILES string of the molecule is CCNc1nc(NCc2cscn2)c2[nH]cnc2n1. The second kappa shape index (κ2) is 5.19. The van der Waals surface area contributed by atoms with E-state index in [2.05, 4.69) is 35.6 Å². The maximum absolute atomic E-state index is 4.43. The molecule has 0 aliphatic heterocycles. The monoisotopic (exact) mass is 275 g/mol. The van der Waals surface area contributed by atoms with Crippen molar-refractivity contribution in [2.24, 2.45) is 0 Å². The van der Waals surface area contributed by atoms with Crippen LogP contribution in [0.5, 0.6) is 0 Å². The molecule has 3 aromatic rings. The number of rotatable bonds is 5. The lowest BCUT2D eigenvalue weighted by molar-refractivity contribution is 1.04. The zero-order valence-corrected chi connectivity index (χ0v) is 11.2. The third kappa shape index (κ3) is 2.48. The molecule has 0 saturated heterocycles. The molecule has 0 atom stereocenters. The second-order valence-corrected chi connectivity index (χ2v) is 4.58. The summed E-state index contributed by atoms with van der Waals surface area (Å²) in [5, 5.41) is 8.35. The summed E-state index contributed by atoms with van der Waals surface area (Å²) in [6, 6.07) is 0. The lowest BCUT2D eigenvalue weighted by Crippen LogP contribution is -2.07. The highest BCUT2D eigenvalue weighted by molar-refractivity contribution is 7.07. The molecule has 19 heavy (non-hydrogen) atoms. The van der Waals surface area contributed by atoms with Gasteiger partial charge in [0.2, 0.25) is 5.95 Å². The molecule has 0 aromatic carbocycles. The molecular weight excluding hydrogens is 262 g/mol. The van der Waals surface area contributed by atoms with Gasteiger partial charge in [-0.1, -0.05) is 0 Å². The van der Waals surface area contributed by atoms with Gasteiger partial charge in [-0.15, -0.1) is 11.3 Å². The number of thiazole rings is 1. The number of hydrogen-bond donors (Lipinski definition) is 3. The summed E-state index contributed by atoms with van der Waals surface area (Å²) in [7, 11) is 0. The summed E-state index contributed by atoms with van der Waals surface area (Å²) in [6.45, 7) is 3.39. The molecule has 0 bridgehead atoms. The fourth-order valence-electron chi connectivity index (χ4n) is 1.70. The van der Waals surface area contributed by atoms with Crippen LogP contribution in [-0.2, 0) is 6.54 Å². The minimum absolute atomic E-state index is 0.572. The van der Waals surface area contributed by atoms with Crippen LogP contribution in [-0.4, -0.2) is 31.5 Å². The smallest absolute Gasteiger partial charge is 0.226 e. The number of imidazole rings is 1. The van der Waals surface area contributed by atoms with Crippen molar-refractivity contribution < 1.29 is 0 Å². The van der Waals surface area contributed by atoms with E-state index in [0.717, 1.165) is 23.6 Å². The Morgan fingerprint density at radius 1 is 1.26 bits per heavy atom. The Kier molecular flexibility index (Phi) is 3.23. The fraction of sp³-hybridized carbons (Fsp3) is 0.273. The van der Waals surface area contributed by atoms with Crippen molar-refractivity contribution >= 4 is 34.3 Å². The van der Waals surface area contributed by atoms with Crippen LogP contribution in [0.4, 0.5) is 11.8 Å². The van der Waals surface area contributed by atoms with E-state index in [1.54, 1.807) is 17.7 Å². The lowest BCUT2D eigenvalue weighted by Gasteiger charge is -2.07. The first-order valence-corrected chi connectivity index (χ1v) is 6.87. The third-order valence-electron chi connectivity index (χ3n) is 2.54. The number of aromatic amines is 1. The first-order chi connectivity index (χ1) is 9.36. The summed E-state index contributed by atoms with van der Waals surface area (Å²) in [5.41, 5.74) is 4.25. The van der Waals surface area contributed by atoms with E-state index >= 15 is 0 Å². The van der Waals surface area contributed by atoms with Crippen molar-refractivity contribution in [3.8, 4) is 0 Å². The maximum atomic E-state index is 4.43. The zero-order chi connectivity index (χ0) is 13.1. The molecular formula is C11H13N7S. The van der Waals surface area contributed by atoms with E-state index < -0.39 is 0 Å². The number of nitrogens with one attached hydrogen (secondary N) is 3. The molecule has 0 aliphatic rings. The van der Waals surface area contributed by atoms with Gasteiger partial charge in [-0.2, -0.15) is 9.97 Å². The summed E-state index contributed by atoms with van der Waals surface area (Å²) < 4.78 is 0. The molecule has 0 unspecified atom stereocenters. The maximum Gasteiger partial charge on any atom is 0.226 e. The standard InChI is InChI=1S/C11H13N7S/c1-2-12-11-17-9(8-10(18-11)15-5-14-8)13-3-7-4-19-6-16-7/h4-6H,2-3H2,1H3,(H3,12,13,14,15,17,18). The van der Waals surface area contributed by atoms with Gasteiger partial charge in [0.1, 0.15) is 5.52 Å². The Bertz CT molecular complexity index is 661. The van der Waals surface area contributed by atoms with Crippen molar-refractivity contribution in [3.63, 3.8) is 0 Å². The minimum Gasteiger partial charge on any atom is -0.362 e. The van der Waals surface area contributed by atoms with Crippen molar-refractivity contribution in [3.05, 3.63) is 22.9 Å². The van der Waals surface area contributed by atoms with Crippen molar-refractivity contribution in [1.29, 1.82) is 0 Å². The van der Waals surface area contributed by atoms with Gasteiger partial charge in [0, 0.05) is 11.9 Å². The average molecular weight is 275 g/mol. The molecule has 98 valence electrons. The molecule has 0 amide bonds. The molecule has 3 rings (SSSR count). The number of nitrogens with zero attached hydrogens (tertiary/aromatic N) is 4. The predicted octanol–water partition coefficient (Wildman–Crippen LogP) is 1.85. The van der Waals surface area contributed by atoms with Gasteiger partial charge in [-0.3, -0.25) is 0 Å². The van der Waals surface area contributed by atoms with Crippen LogP contribution in [0.3, 0.4) is 0 Å². The van der Waals surface area contributed by atoms with Gasteiger partial charge < -0.3 is 15.6 Å². The molecule has 0 aliphatic carbocycles. The van der Waals surface area contributed by atoms with E-state index in [-0.39, 0.29) is 0 Å². The van der Waals surface area contributed by atoms with Crippen LogP contribution in [0.2, 0.25) is 0 Å². The molecule has 3 aromatic heterocycles. The van der Waals surface area contributed by atoms with Gasteiger partial charge in [-0.25, -0.2) is 9.97 Å². The molecule has 8 heteroatoms. The molecule has 7 nitrogen and oxygen atoms in total. The van der Waals surface area contributed by atoms with Crippen molar-refractivity contribution in [1.82, 2.24) is 24.9 Å². The van der Waals surface area contributed by atoms with Crippen LogP contribution in [0.25, 0.3) is 11.2 Å². The number of fused-ring (bicyclic) bond motifs is 1. The highest BCUT2D eigenvalue weighted by Crippen LogP contribution is 2.19. The normalized spacial score (nSPS) is 10.8. The number of anilines is 2. The molecule has 3 heterocycles. The molecule has 0 fully saturated rings. The molecule has 0 spiro atoms. The Labute approximate surface area is 113 Å². The summed E-state index contributed by atoms with van der Waals surface area (Å²) in [4.78, 5) is 20.2. The highest BCUT2D eigenvalue weighted by atomic mass is 32.1. The summed E-state index contributed by atoms with van der Waals surface area (Å²) in [5.74, 6) is 1.30. The largest absolute Gasteiger partial charge is 0.362 e. The van der Waals surface area contributed by atoms with Crippen LogP contribution in [0.1, 0.15) is 12.6 Å². The first kappa shape index (κ1) is 11.8. The first-order valence-electron chi connectivity index (χ1n) is 5.92. The van der Waals surface area contributed by atoms with Crippen molar-refractivity contribution in [2.45, 2.75) is 13.5 Å². The van der Waals surface area contributed by atoms with Crippen LogP contribution >= 0.6 is 11.3 Å². The van der Waals surface area contributed by atoms with Crippen molar-refractivity contribution in [2.75, 3.05) is 17.2 Å². The highest BCUT2D eigenvalue weighted by Gasteiger charge is 2.09. The lowest BCUT2D eigenvalue weighted by atomic mass is 10.4. The Morgan fingerprint density at radius 3 is 3.00 bits per heavy atom.